The third-order valence-electron chi connectivity index (χ3n) is 5.60. The summed E-state index contributed by atoms with van der Waals surface area (Å²) in [7, 11) is 0. The van der Waals surface area contributed by atoms with Crippen molar-refractivity contribution in [2.24, 2.45) is 0 Å². The average molecular weight is 440 g/mol. The summed E-state index contributed by atoms with van der Waals surface area (Å²) in [4.78, 5) is 21.8. The van der Waals surface area contributed by atoms with Crippen LogP contribution < -0.4 is 10.1 Å². The number of hydrogen-bond acceptors (Lipinski definition) is 4. The Morgan fingerprint density at radius 1 is 0.970 bits per heavy atom. The van der Waals surface area contributed by atoms with Crippen molar-refractivity contribution in [1.29, 1.82) is 0 Å². The van der Waals surface area contributed by atoms with Gasteiger partial charge in [-0.3, -0.25) is 4.79 Å². The summed E-state index contributed by atoms with van der Waals surface area (Å²) < 4.78 is 5.88. The number of nitrogens with zero attached hydrogens (tertiary/aromatic N) is 2. The van der Waals surface area contributed by atoms with Gasteiger partial charge < -0.3 is 10.1 Å². The summed E-state index contributed by atoms with van der Waals surface area (Å²) in [6.07, 6.45) is 1.67. The van der Waals surface area contributed by atoms with E-state index in [-0.39, 0.29) is 11.3 Å². The number of benzene rings is 2. The first-order chi connectivity index (χ1) is 15.8. The van der Waals surface area contributed by atoms with Crippen LogP contribution >= 0.6 is 0 Å². The van der Waals surface area contributed by atoms with Gasteiger partial charge >= 0.3 is 0 Å². The molecule has 5 nitrogen and oxygen atoms in total. The van der Waals surface area contributed by atoms with Crippen molar-refractivity contribution in [2.75, 3.05) is 0 Å². The van der Waals surface area contributed by atoms with Crippen LogP contribution in [-0.2, 0) is 18.6 Å². The minimum absolute atomic E-state index is 0.105. The number of nitrogens with one attached hydrogen (secondary N) is 1. The summed E-state index contributed by atoms with van der Waals surface area (Å²) >= 11 is 0. The highest BCUT2D eigenvalue weighted by Crippen LogP contribution is 2.23. The fraction of sp³-hybridized carbons (Fsp3) is 0.250. The summed E-state index contributed by atoms with van der Waals surface area (Å²) in [5.41, 5.74) is 5.28. The van der Waals surface area contributed by atoms with Crippen LogP contribution in [0.5, 0.6) is 5.75 Å². The summed E-state index contributed by atoms with van der Waals surface area (Å²) in [5, 5.41) is 3.78. The predicted molar refractivity (Wildman–Crippen MR) is 131 cm³/mol. The number of pyridine rings is 2. The molecule has 0 radical (unpaired) electrons. The fourth-order valence-corrected chi connectivity index (χ4v) is 3.58. The molecule has 2 aromatic heterocycles. The molecule has 0 spiro atoms. The van der Waals surface area contributed by atoms with Gasteiger partial charge in [0.15, 0.2) is 5.65 Å². The molecule has 5 heteroatoms. The minimum atomic E-state index is -0.155. The zero-order valence-corrected chi connectivity index (χ0v) is 19.6. The third-order valence-corrected chi connectivity index (χ3v) is 5.60. The van der Waals surface area contributed by atoms with Crippen LogP contribution in [0, 0.1) is 6.92 Å². The predicted octanol–water partition coefficient (Wildman–Crippen LogP) is 5.74. The van der Waals surface area contributed by atoms with E-state index in [9.17, 15) is 4.79 Å². The molecule has 0 atom stereocenters. The molecule has 0 saturated carbocycles. The molecule has 1 N–H and O–H groups in total. The van der Waals surface area contributed by atoms with Crippen LogP contribution in [0.3, 0.4) is 0 Å². The van der Waals surface area contributed by atoms with E-state index in [2.05, 4.69) is 60.3 Å². The molecule has 0 aliphatic carbocycles. The standard InChI is InChI=1S/C28H29N3O2/c1-19-25(27(32)30-16-20-10-12-23(13-11-20)28(2,3)4)15-22-14-24(17-29-26(22)31-19)33-18-21-8-6-5-7-9-21/h5-15,17H,16,18H2,1-4H3,(H,30,32). The second-order valence-electron chi connectivity index (χ2n) is 9.24. The number of aryl methyl sites for hydroxylation is 1. The van der Waals surface area contributed by atoms with Crippen molar-refractivity contribution in [2.45, 2.75) is 46.3 Å². The number of aromatic nitrogens is 2. The van der Waals surface area contributed by atoms with Crippen LogP contribution in [0.4, 0.5) is 0 Å². The normalized spacial score (nSPS) is 11.4. The molecule has 0 saturated heterocycles. The number of carbonyl (C=O) groups excluding carboxylic acids is 1. The molecule has 33 heavy (non-hydrogen) atoms. The lowest BCUT2D eigenvalue weighted by Crippen LogP contribution is -2.24. The van der Waals surface area contributed by atoms with Crippen molar-refractivity contribution < 1.29 is 9.53 Å². The van der Waals surface area contributed by atoms with Gasteiger partial charge in [0.25, 0.3) is 5.91 Å². The number of ether oxygens (including phenoxy) is 1. The van der Waals surface area contributed by atoms with Crippen LogP contribution in [0.1, 0.15) is 53.5 Å². The van der Waals surface area contributed by atoms with Gasteiger partial charge in [0.05, 0.1) is 17.5 Å². The molecular weight excluding hydrogens is 410 g/mol. The van der Waals surface area contributed by atoms with Crippen LogP contribution in [-0.4, -0.2) is 15.9 Å². The first-order valence-electron chi connectivity index (χ1n) is 11.1. The number of hydrogen-bond donors (Lipinski definition) is 1. The van der Waals surface area contributed by atoms with E-state index >= 15 is 0 Å². The first-order valence-corrected chi connectivity index (χ1v) is 11.1. The molecule has 2 heterocycles. The van der Waals surface area contributed by atoms with Crippen LogP contribution in [0.15, 0.2) is 72.9 Å². The van der Waals surface area contributed by atoms with Gasteiger partial charge in [0, 0.05) is 11.9 Å². The Bertz CT molecular complexity index is 1260. The molecule has 0 aliphatic rings. The summed E-state index contributed by atoms with van der Waals surface area (Å²) in [5.74, 6) is 0.486. The quantitative estimate of drug-likeness (QED) is 0.416. The van der Waals surface area contributed by atoms with Crippen molar-refractivity contribution in [3.63, 3.8) is 0 Å². The smallest absolute Gasteiger partial charge is 0.253 e. The van der Waals surface area contributed by atoms with Gasteiger partial charge in [0.2, 0.25) is 0 Å². The second-order valence-corrected chi connectivity index (χ2v) is 9.24. The van der Waals surface area contributed by atoms with Crippen molar-refractivity contribution in [3.05, 3.63) is 101 Å². The Kier molecular flexibility index (Phi) is 6.40. The average Bonchev–Trinajstić information content (AvgIpc) is 2.81. The molecular formula is C28H29N3O2. The van der Waals surface area contributed by atoms with Crippen LogP contribution in [0.25, 0.3) is 11.0 Å². The van der Waals surface area contributed by atoms with Gasteiger partial charge in [-0.1, -0.05) is 75.4 Å². The maximum Gasteiger partial charge on any atom is 0.253 e. The molecule has 2 aromatic carbocycles. The monoisotopic (exact) mass is 439 g/mol. The van der Waals surface area contributed by atoms with Crippen molar-refractivity contribution in [1.82, 2.24) is 15.3 Å². The fourth-order valence-electron chi connectivity index (χ4n) is 3.58. The number of amides is 1. The lowest BCUT2D eigenvalue weighted by molar-refractivity contribution is 0.0950. The highest BCUT2D eigenvalue weighted by Gasteiger charge is 2.15. The highest BCUT2D eigenvalue weighted by atomic mass is 16.5. The van der Waals surface area contributed by atoms with Crippen LogP contribution in [0.2, 0.25) is 0 Å². The Balaban J connectivity index is 1.46. The molecule has 168 valence electrons. The number of fused-ring (bicyclic) bond motifs is 1. The first kappa shape index (κ1) is 22.5. The van der Waals surface area contributed by atoms with Gasteiger partial charge in [-0.25, -0.2) is 9.97 Å². The Morgan fingerprint density at radius 2 is 1.70 bits per heavy atom. The van der Waals surface area contributed by atoms with E-state index in [0.717, 1.165) is 16.5 Å². The highest BCUT2D eigenvalue weighted by molar-refractivity contribution is 5.98. The zero-order chi connectivity index (χ0) is 23.4. The van der Waals surface area contributed by atoms with Crippen molar-refractivity contribution in [3.8, 4) is 5.75 Å². The molecule has 0 bridgehead atoms. The number of rotatable bonds is 6. The minimum Gasteiger partial charge on any atom is -0.487 e. The largest absolute Gasteiger partial charge is 0.487 e. The molecule has 4 aromatic rings. The third kappa shape index (κ3) is 5.55. The van der Waals surface area contributed by atoms with E-state index in [1.807, 2.05) is 49.4 Å². The number of carbonyl (C=O) groups is 1. The van der Waals surface area contributed by atoms with E-state index in [1.54, 1.807) is 6.20 Å². The van der Waals surface area contributed by atoms with Gasteiger partial charge in [-0.05, 0) is 41.2 Å². The van der Waals surface area contributed by atoms with E-state index in [1.165, 1.54) is 5.56 Å². The van der Waals surface area contributed by atoms with E-state index in [4.69, 9.17) is 4.74 Å². The second kappa shape index (κ2) is 9.41. The van der Waals surface area contributed by atoms with E-state index < -0.39 is 0 Å². The lowest BCUT2D eigenvalue weighted by Gasteiger charge is -2.19. The Hall–Kier alpha value is -3.73. The van der Waals surface area contributed by atoms with Gasteiger partial charge in [-0.15, -0.1) is 0 Å². The van der Waals surface area contributed by atoms with Gasteiger partial charge in [-0.2, -0.15) is 0 Å². The maximum absolute atomic E-state index is 12.9. The molecule has 0 aliphatic heterocycles. The summed E-state index contributed by atoms with van der Waals surface area (Å²) in [6, 6.07) is 22.0. The molecule has 0 fully saturated rings. The molecule has 1 amide bonds. The zero-order valence-electron chi connectivity index (χ0n) is 19.6. The topological polar surface area (TPSA) is 64.1 Å². The van der Waals surface area contributed by atoms with E-state index in [0.29, 0.717) is 35.8 Å². The maximum atomic E-state index is 12.9. The SMILES string of the molecule is Cc1nc2ncc(OCc3ccccc3)cc2cc1C(=O)NCc1ccc(C(C)(C)C)cc1. The molecule has 4 rings (SSSR count). The van der Waals surface area contributed by atoms with Gasteiger partial charge in [0.1, 0.15) is 12.4 Å². The Labute approximate surface area is 194 Å². The summed E-state index contributed by atoms with van der Waals surface area (Å²) in [6.45, 7) is 9.30. The molecule has 0 unspecified atom stereocenters. The van der Waals surface area contributed by atoms with Crippen molar-refractivity contribution >= 4 is 16.9 Å². The lowest BCUT2D eigenvalue weighted by atomic mass is 9.87. The Morgan fingerprint density at radius 3 is 2.39 bits per heavy atom.